The minimum atomic E-state index is -0.683. The van der Waals surface area contributed by atoms with Gasteiger partial charge in [0.1, 0.15) is 0 Å². The molecule has 5 N–H and O–H groups in total. The molecule has 5 heteroatoms. The van der Waals surface area contributed by atoms with E-state index >= 15 is 0 Å². The fourth-order valence-electron chi connectivity index (χ4n) is 3.20. The molecule has 3 unspecified atom stereocenters. The first kappa shape index (κ1) is 23.6. The highest BCUT2D eigenvalue weighted by molar-refractivity contribution is 7.83. The van der Waals surface area contributed by atoms with E-state index in [1.54, 1.807) is 6.08 Å². The predicted molar refractivity (Wildman–Crippen MR) is 119 cm³/mol. The average Bonchev–Trinajstić information content (AvgIpc) is 2.92. The number of nitrogen functional groups attached to an aromatic ring is 1. The number of anilines is 1. The summed E-state index contributed by atoms with van der Waals surface area (Å²) >= 11 is 0. The van der Waals surface area contributed by atoms with E-state index in [2.05, 4.69) is 13.5 Å². The van der Waals surface area contributed by atoms with Gasteiger partial charge in [-0.15, -0.1) is 0 Å². The third kappa shape index (κ3) is 9.87. The van der Waals surface area contributed by atoms with Gasteiger partial charge in [0, 0.05) is 45.2 Å². The lowest BCUT2D eigenvalue weighted by atomic mass is 9.80. The molecule has 0 bridgehead atoms. The maximum Gasteiger partial charge on any atom is 0.0492 e. The van der Waals surface area contributed by atoms with E-state index in [0.29, 0.717) is 17.4 Å². The van der Waals surface area contributed by atoms with Crippen molar-refractivity contribution < 1.29 is 4.21 Å². The molecule has 0 saturated heterocycles. The van der Waals surface area contributed by atoms with E-state index in [9.17, 15) is 4.21 Å². The lowest BCUT2D eigenvalue weighted by Gasteiger charge is -2.25. The standard InChI is InChI=1S/C10H17N.C8H9NOS.C4H11N/c1-3-10(11)9-6-4-5-8(2)7-9;9-8-2-1-6-4-11(10)5-7(6)3-8;1-4(2,3)5/h3,8-9,11H,1,4-7H2,2H3;1-3H,4-5,9H2;5H2,1-3H3. The third-order valence-electron chi connectivity index (χ3n) is 4.46. The van der Waals surface area contributed by atoms with Gasteiger partial charge in [-0.2, -0.15) is 0 Å². The van der Waals surface area contributed by atoms with Crippen LogP contribution in [0.15, 0.2) is 30.9 Å². The zero-order valence-electron chi connectivity index (χ0n) is 17.4. The van der Waals surface area contributed by atoms with Gasteiger partial charge in [-0.25, -0.2) is 0 Å². The quantitative estimate of drug-likeness (QED) is 0.499. The smallest absolute Gasteiger partial charge is 0.0492 e. The number of hydrogen-bond acceptors (Lipinski definition) is 4. The summed E-state index contributed by atoms with van der Waals surface area (Å²) in [6.07, 6.45) is 6.74. The normalized spacial score (nSPS) is 23.8. The van der Waals surface area contributed by atoms with Crippen molar-refractivity contribution in [2.75, 3.05) is 5.73 Å². The van der Waals surface area contributed by atoms with E-state index in [0.717, 1.165) is 22.9 Å². The van der Waals surface area contributed by atoms with E-state index < -0.39 is 10.8 Å². The van der Waals surface area contributed by atoms with Gasteiger partial charge in [-0.3, -0.25) is 4.21 Å². The maximum atomic E-state index is 11.1. The van der Waals surface area contributed by atoms with Crippen LogP contribution in [0.4, 0.5) is 5.69 Å². The van der Waals surface area contributed by atoms with Crippen molar-refractivity contribution in [1.29, 1.82) is 5.41 Å². The molecule has 1 heterocycles. The highest BCUT2D eigenvalue weighted by Crippen LogP contribution is 2.29. The maximum absolute atomic E-state index is 11.1. The van der Waals surface area contributed by atoms with Crippen LogP contribution in [0.2, 0.25) is 0 Å². The zero-order valence-corrected chi connectivity index (χ0v) is 18.2. The Morgan fingerprint density at radius 1 is 1.26 bits per heavy atom. The first-order valence-electron chi connectivity index (χ1n) is 9.71. The molecule has 152 valence electrons. The average molecular weight is 392 g/mol. The Morgan fingerprint density at radius 3 is 2.41 bits per heavy atom. The molecule has 1 aromatic carbocycles. The van der Waals surface area contributed by atoms with Crippen molar-refractivity contribution in [3.63, 3.8) is 0 Å². The van der Waals surface area contributed by atoms with Gasteiger partial charge in [0.15, 0.2) is 0 Å². The summed E-state index contributed by atoms with van der Waals surface area (Å²) < 4.78 is 11.1. The van der Waals surface area contributed by atoms with Crippen LogP contribution in [0.25, 0.3) is 0 Å². The van der Waals surface area contributed by atoms with Gasteiger partial charge in [0.25, 0.3) is 0 Å². The van der Waals surface area contributed by atoms with Gasteiger partial charge < -0.3 is 16.9 Å². The molecule has 0 aromatic heterocycles. The van der Waals surface area contributed by atoms with Gasteiger partial charge >= 0.3 is 0 Å². The summed E-state index contributed by atoms with van der Waals surface area (Å²) in [5.41, 5.74) is 14.8. The molecule has 0 amide bonds. The molecule has 1 aliphatic heterocycles. The lowest BCUT2D eigenvalue weighted by molar-refractivity contribution is 0.339. The molecule has 2 aliphatic rings. The lowest BCUT2D eigenvalue weighted by Crippen LogP contribution is -2.26. The van der Waals surface area contributed by atoms with Gasteiger partial charge in [-0.05, 0) is 68.9 Å². The molecule has 0 spiro atoms. The summed E-state index contributed by atoms with van der Waals surface area (Å²) in [7, 11) is -0.683. The van der Waals surface area contributed by atoms with Gasteiger partial charge in [-0.1, -0.05) is 32.4 Å². The number of rotatable bonds is 2. The number of allylic oxidation sites excluding steroid dienone is 1. The predicted octanol–water partition coefficient (Wildman–Crippen LogP) is 4.79. The van der Waals surface area contributed by atoms with Crippen LogP contribution < -0.4 is 11.5 Å². The van der Waals surface area contributed by atoms with E-state index in [1.807, 2.05) is 39.0 Å². The molecular weight excluding hydrogens is 354 g/mol. The Morgan fingerprint density at radius 2 is 1.85 bits per heavy atom. The molecule has 1 aliphatic carbocycles. The Hall–Kier alpha value is -1.46. The molecule has 1 fully saturated rings. The molecule has 27 heavy (non-hydrogen) atoms. The molecule has 0 radical (unpaired) electrons. The molecule has 1 saturated carbocycles. The summed E-state index contributed by atoms with van der Waals surface area (Å²) in [5, 5.41) is 7.60. The van der Waals surface area contributed by atoms with Gasteiger partial charge in [0.05, 0.1) is 0 Å². The van der Waals surface area contributed by atoms with Crippen LogP contribution in [0.3, 0.4) is 0 Å². The van der Waals surface area contributed by atoms with Crippen LogP contribution in [0.1, 0.15) is 64.5 Å². The van der Waals surface area contributed by atoms with Crippen LogP contribution in [-0.4, -0.2) is 15.5 Å². The van der Waals surface area contributed by atoms with Crippen LogP contribution >= 0.6 is 0 Å². The van der Waals surface area contributed by atoms with Crippen molar-refractivity contribution in [3.05, 3.63) is 42.0 Å². The van der Waals surface area contributed by atoms with E-state index in [-0.39, 0.29) is 5.54 Å². The highest BCUT2D eigenvalue weighted by atomic mass is 32.2. The topological polar surface area (TPSA) is 93.0 Å². The third-order valence-corrected chi connectivity index (χ3v) is 5.73. The SMILES string of the molecule is C=CC(=N)C1CCCC(C)C1.CC(C)(C)N.Nc1ccc2c(c1)CS(=O)C2. The van der Waals surface area contributed by atoms with Crippen LogP contribution in [0.5, 0.6) is 0 Å². The molecule has 4 nitrogen and oxygen atoms in total. The van der Waals surface area contributed by atoms with Crippen LogP contribution in [0, 0.1) is 17.2 Å². The van der Waals surface area contributed by atoms with E-state index in [1.165, 1.54) is 31.2 Å². The minimum absolute atomic E-state index is 0. The molecule has 3 rings (SSSR count). The second-order valence-corrected chi connectivity index (χ2v) is 10.2. The Kier molecular flexibility index (Phi) is 9.40. The minimum Gasteiger partial charge on any atom is -0.399 e. The summed E-state index contributed by atoms with van der Waals surface area (Å²) in [6.45, 7) is 11.8. The first-order valence-corrected chi connectivity index (χ1v) is 11.2. The molecule has 1 aromatic rings. The Bertz CT molecular complexity index is 658. The molecule has 3 atom stereocenters. The van der Waals surface area contributed by atoms with Crippen molar-refractivity contribution in [2.24, 2.45) is 17.6 Å². The Labute approximate surface area is 167 Å². The number of hydrogen-bond donors (Lipinski definition) is 3. The summed E-state index contributed by atoms with van der Waals surface area (Å²) in [6, 6.07) is 5.75. The Balaban J connectivity index is 0.000000219. The zero-order chi connectivity index (χ0) is 20.6. The second kappa shape index (κ2) is 10.8. The fraction of sp³-hybridized carbons (Fsp3) is 0.591. The van der Waals surface area contributed by atoms with Crippen molar-refractivity contribution >= 4 is 22.2 Å². The highest BCUT2D eigenvalue weighted by Gasteiger charge is 2.20. The monoisotopic (exact) mass is 391 g/mol. The number of nitrogens with two attached hydrogens (primary N) is 2. The van der Waals surface area contributed by atoms with Crippen molar-refractivity contribution in [1.82, 2.24) is 0 Å². The first-order chi connectivity index (χ1) is 12.5. The van der Waals surface area contributed by atoms with E-state index in [4.69, 9.17) is 16.9 Å². The summed E-state index contributed by atoms with van der Waals surface area (Å²) in [5.74, 6) is 2.71. The fourth-order valence-corrected chi connectivity index (χ4v) is 4.55. The number of nitrogens with one attached hydrogen (secondary N) is 1. The number of benzene rings is 1. The van der Waals surface area contributed by atoms with Crippen molar-refractivity contribution in [2.45, 2.75) is 70.4 Å². The van der Waals surface area contributed by atoms with Crippen LogP contribution in [-0.2, 0) is 22.3 Å². The largest absolute Gasteiger partial charge is 0.399 e. The summed E-state index contributed by atoms with van der Waals surface area (Å²) in [4.78, 5) is 0. The van der Waals surface area contributed by atoms with Crippen molar-refractivity contribution in [3.8, 4) is 0 Å². The number of fused-ring (bicyclic) bond motifs is 1. The second-order valence-electron chi connectivity index (χ2n) is 8.75. The van der Waals surface area contributed by atoms with Gasteiger partial charge in [0.2, 0.25) is 0 Å². The molecular formula is C22H37N3OS.